The van der Waals surface area contributed by atoms with Crippen molar-refractivity contribution < 1.29 is 4.79 Å². The van der Waals surface area contributed by atoms with Gasteiger partial charge in [0.1, 0.15) is 4.88 Å². The molecule has 17 heavy (non-hydrogen) atoms. The summed E-state index contributed by atoms with van der Waals surface area (Å²) in [5.74, 6) is 0. The molecule has 0 bridgehead atoms. The summed E-state index contributed by atoms with van der Waals surface area (Å²) < 4.78 is 0. The van der Waals surface area contributed by atoms with Crippen molar-refractivity contribution in [2.75, 3.05) is 11.4 Å². The number of thiazole rings is 1. The van der Waals surface area contributed by atoms with E-state index in [4.69, 9.17) is 11.6 Å². The van der Waals surface area contributed by atoms with E-state index in [2.05, 4.69) is 30.7 Å². The van der Waals surface area contributed by atoms with Crippen LogP contribution in [0.25, 0.3) is 0 Å². The average molecular weight is 275 g/mol. The number of halogens is 1. The lowest BCUT2D eigenvalue weighted by molar-refractivity contribution is 0.112. The van der Waals surface area contributed by atoms with Crippen LogP contribution in [0.5, 0.6) is 0 Å². The van der Waals surface area contributed by atoms with Crippen molar-refractivity contribution in [3.8, 4) is 0 Å². The van der Waals surface area contributed by atoms with Gasteiger partial charge in [0.25, 0.3) is 0 Å². The maximum atomic E-state index is 10.8. The predicted octanol–water partition coefficient (Wildman–Crippen LogP) is 4.01. The molecule has 96 valence electrons. The lowest BCUT2D eigenvalue weighted by atomic mass is 10.2. The summed E-state index contributed by atoms with van der Waals surface area (Å²) in [5.41, 5.74) is 0. The third kappa shape index (κ3) is 3.96. The highest BCUT2D eigenvalue weighted by Gasteiger charge is 2.17. The van der Waals surface area contributed by atoms with Crippen LogP contribution in [0.4, 0.5) is 5.13 Å². The van der Waals surface area contributed by atoms with E-state index in [1.54, 1.807) is 0 Å². The van der Waals surface area contributed by atoms with Crippen LogP contribution in [0.3, 0.4) is 0 Å². The first kappa shape index (κ1) is 14.5. The zero-order chi connectivity index (χ0) is 12.8. The quantitative estimate of drug-likeness (QED) is 0.556. The Kier molecular flexibility index (Phi) is 5.92. The highest BCUT2D eigenvalue weighted by Crippen LogP contribution is 2.29. The fourth-order valence-electron chi connectivity index (χ4n) is 1.60. The summed E-state index contributed by atoms with van der Waals surface area (Å²) in [6.45, 7) is 7.40. The topological polar surface area (TPSA) is 33.2 Å². The normalized spacial score (nSPS) is 10.9. The van der Waals surface area contributed by atoms with Gasteiger partial charge in [0.05, 0.1) is 0 Å². The molecule has 0 aliphatic carbocycles. The van der Waals surface area contributed by atoms with E-state index in [-0.39, 0.29) is 0 Å². The van der Waals surface area contributed by atoms with Gasteiger partial charge in [-0.2, -0.15) is 0 Å². The molecule has 3 nitrogen and oxygen atoms in total. The predicted molar refractivity (Wildman–Crippen MR) is 74.5 cm³/mol. The van der Waals surface area contributed by atoms with E-state index < -0.39 is 0 Å². The minimum absolute atomic E-state index is 0.321. The van der Waals surface area contributed by atoms with Crippen LogP contribution in [0.15, 0.2) is 0 Å². The lowest BCUT2D eigenvalue weighted by Crippen LogP contribution is -2.31. The number of aromatic nitrogens is 1. The number of carbonyl (C=O) groups is 1. The van der Waals surface area contributed by atoms with Gasteiger partial charge in [0.15, 0.2) is 16.6 Å². The summed E-state index contributed by atoms with van der Waals surface area (Å²) in [4.78, 5) is 17.7. The molecule has 0 aliphatic heterocycles. The van der Waals surface area contributed by atoms with Crippen molar-refractivity contribution in [2.24, 2.45) is 0 Å². The molecule has 1 aromatic heterocycles. The van der Waals surface area contributed by atoms with Gasteiger partial charge in [-0.3, -0.25) is 4.79 Å². The SMILES string of the molecule is CCCCCN(c1nc(Cl)c(C=O)s1)C(C)C. The first-order valence-corrected chi connectivity index (χ1v) is 7.17. The highest BCUT2D eigenvalue weighted by atomic mass is 35.5. The van der Waals surface area contributed by atoms with Crippen molar-refractivity contribution in [3.63, 3.8) is 0 Å². The summed E-state index contributed by atoms with van der Waals surface area (Å²) in [6.07, 6.45) is 4.32. The average Bonchev–Trinajstić information content (AvgIpc) is 2.65. The number of unbranched alkanes of at least 4 members (excludes halogenated alkanes) is 2. The molecular weight excluding hydrogens is 256 g/mol. The minimum atomic E-state index is 0.321. The van der Waals surface area contributed by atoms with E-state index in [0.29, 0.717) is 16.1 Å². The molecule has 0 aliphatic rings. The van der Waals surface area contributed by atoms with Crippen LogP contribution in [0.2, 0.25) is 5.15 Å². The minimum Gasteiger partial charge on any atom is -0.346 e. The molecule has 0 atom stereocenters. The number of hydrogen-bond donors (Lipinski definition) is 0. The third-order valence-corrected chi connectivity index (χ3v) is 4.00. The molecule has 1 aromatic rings. The molecular formula is C12H19ClN2OS. The zero-order valence-corrected chi connectivity index (χ0v) is 12.1. The summed E-state index contributed by atoms with van der Waals surface area (Å²) in [5, 5.41) is 1.17. The van der Waals surface area contributed by atoms with Crippen LogP contribution >= 0.6 is 22.9 Å². The Hall–Kier alpha value is -0.610. The lowest BCUT2D eigenvalue weighted by Gasteiger charge is -2.25. The van der Waals surface area contributed by atoms with Crippen molar-refractivity contribution in [1.29, 1.82) is 0 Å². The van der Waals surface area contributed by atoms with Crippen LogP contribution in [-0.4, -0.2) is 23.9 Å². The first-order valence-electron chi connectivity index (χ1n) is 5.98. The molecule has 0 saturated carbocycles. The molecule has 0 saturated heterocycles. The highest BCUT2D eigenvalue weighted by molar-refractivity contribution is 7.17. The second-order valence-corrected chi connectivity index (χ2v) is 5.63. The number of anilines is 1. The van der Waals surface area contributed by atoms with Gasteiger partial charge in [0, 0.05) is 12.6 Å². The zero-order valence-electron chi connectivity index (χ0n) is 10.6. The molecule has 1 heterocycles. The Bertz CT molecular complexity index is 365. The molecule has 5 heteroatoms. The van der Waals surface area contributed by atoms with Crippen molar-refractivity contribution >= 4 is 34.4 Å². The number of aldehydes is 1. The fraction of sp³-hybridized carbons (Fsp3) is 0.667. The van der Waals surface area contributed by atoms with Crippen LogP contribution < -0.4 is 4.90 Å². The van der Waals surface area contributed by atoms with E-state index in [1.807, 2.05) is 0 Å². The van der Waals surface area contributed by atoms with Gasteiger partial charge in [0.2, 0.25) is 0 Å². The molecule has 0 radical (unpaired) electrons. The smallest absolute Gasteiger partial charge is 0.187 e. The fourth-order valence-corrected chi connectivity index (χ4v) is 2.83. The van der Waals surface area contributed by atoms with Gasteiger partial charge in [-0.25, -0.2) is 4.98 Å². The number of carbonyl (C=O) groups excluding carboxylic acids is 1. The monoisotopic (exact) mass is 274 g/mol. The summed E-state index contributed by atoms with van der Waals surface area (Å²) >= 11 is 7.27. The standard InChI is InChI=1S/C12H19ClN2OS/c1-4-5-6-7-15(9(2)3)12-14-11(13)10(8-16)17-12/h8-9H,4-7H2,1-3H3. The van der Waals surface area contributed by atoms with Gasteiger partial charge in [-0.05, 0) is 20.3 Å². The Labute approximate surface area is 112 Å². The Balaban J connectivity index is 2.78. The van der Waals surface area contributed by atoms with E-state index in [1.165, 1.54) is 24.2 Å². The van der Waals surface area contributed by atoms with Gasteiger partial charge < -0.3 is 4.90 Å². The van der Waals surface area contributed by atoms with Crippen molar-refractivity contribution in [1.82, 2.24) is 4.98 Å². The number of rotatable bonds is 7. The van der Waals surface area contributed by atoms with E-state index in [9.17, 15) is 4.79 Å². The van der Waals surface area contributed by atoms with E-state index >= 15 is 0 Å². The molecule has 0 fully saturated rings. The summed E-state index contributed by atoms with van der Waals surface area (Å²) in [7, 11) is 0. The van der Waals surface area contributed by atoms with Crippen LogP contribution in [0.1, 0.15) is 49.7 Å². The van der Waals surface area contributed by atoms with Crippen molar-refractivity contribution in [2.45, 2.75) is 46.1 Å². The third-order valence-electron chi connectivity index (χ3n) is 2.58. The molecule has 0 N–H and O–H groups in total. The molecule has 0 spiro atoms. The molecule has 0 aromatic carbocycles. The second-order valence-electron chi connectivity index (χ2n) is 4.26. The van der Waals surface area contributed by atoms with E-state index in [0.717, 1.165) is 24.4 Å². The second kappa shape index (κ2) is 6.97. The Morgan fingerprint density at radius 2 is 2.18 bits per heavy atom. The Morgan fingerprint density at radius 1 is 1.47 bits per heavy atom. The summed E-state index contributed by atoms with van der Waals surface area (Å²) in [6, 6.07) is 0.369. The maximum Gasteiger partial charge on any atom is 0.187 e. The van der Waals surface area contributed by atoms with Gasteiger partial charge in [-0.15, -0.1) is 0 Å². The Morgan fingerprint density at radius 3 is 2.65 bits per heavy atom. The van der Waals surface area contributed by atoms with Crippen LogP contribution in [0, 0.1) is 0 Å². The maximum absolute atomic E-state index is 10.8. The number of nitrogens with zero attached hydrogens (tertiary/aromatic N) is 2. The van der Waals surface area contributed by atoms with Gasteiger partial charge in [-0.1, -0.05) is 42.7 Å². The van der Waals surface area contributed by atoms with Crippen LogP contribution in [-0.2, 0) is 0 Å². The van der Waals surface area contributed by atoms with Crippen molar-refractivity contribution in [3.05, 3.63) is 10.0 Å². The first-order chi connectivity index (χ1) is 8.10. The largest absolute Gasteiger partial charge is 0.346 e. The molecule has 0 amide bonds. The molecule has 1 rings (SSSR count). The van der Waals surface area contributed by atoms with Gasteiger partial charge >= 0.3 is 0 Å². The molecule has 0 unspecified atom stereocenters. The number of hydrogen-bond acceptors (Lipinski definition) is 4.